The van der Waals surface area contributed by atoms with Crippen molar-refractivity contribution in [2.75, 3.05) is 58.4 Å². The minimum atomic E-state index is -4.15. The number of anilines is 1. The zero-order valence-electron chi connectivity index (χ0n) is 23.6. The van der Waals surface area contributed by atoms with Crippen LogP contribution >= 0.6 is 0 Å². The van der Waals surface area contributed by atoms with Gasteiger partial charge in [-0.25, -0.2) is 17.2 Å². The smallest absolute Gasteiger partial charge is 0.262 e. The van der Waals surface area contributed by atoms with Gasteiger partial charge in [-0.1, -0.05) is 0 Å². The number of hydrogen-bond acceptors (Lipinski definition) is 9. The molecule has 0 amide bonds. The predicted octanol–water partition coefficient (Wildman–Crippen LogP) is 5.22. The Balaban J connectivity index is 1.29. The number of sulfonamides is 1. The van der Waals surface area contributed by atoms with Gasteiger partial charge in [-0.3, -0.25) is 14.6 Å². The molecule has 2 heterocycles. The van der Waals surface area contributed by atoms with Crippen LogP contribution in [0, 0.1) is 11.6 Å². The van der Waals surface area contributed by atoms with Crippen molar-refractivity contribution in [2.24, 2.45) is 0 Å². The van der Waals surface area contributed by atoms with Crippen LogP contribution in [0.2, 0.25) is 0 Å². The first-order chi connectivity index (χ1) is 20.8. The molecule has 1 saturated heterocycles. The van der Waals surface area contributed by atoms with Crippen LogP contribution in [0.3, 0.4) is 0 Å². The van der Waals surface area contributed by atoms with Crippen molar-refractivity contribution in [1.82, 2.24) is 9.88 Å². The van der Waals surface area contributed by atoms with Crippen molar-refractivity contribution in [3.05, 3.63) is 72.4 Å². The van der Waals surface area contributed by atoms with Crippen molar-refractivity contribution < 1.29 is 40.9 Å². The molecule has 0 aliphatic carbocycles. The lowest BCUT2D eigenvalue weighted by molar-refractivity contribution is 0.0357. The molecule has 0 unspecified atom stereocenters. The minimum absolute atomic E-state index is 0.0511. The van der Waals surface area contributed by atoms with Crippen molar-refractivity contribution in [2.45, 2.75) is 11.3 Å². The lowest BCUT2D eigenvalue weighted by Gasteiger charge is -2.26. The second-order valence-corrected chi connectivity index (χ2v) is 11.3. The third-order valence-electron chi connectivity index (χ3n) is 6.80. The van der Waals surface area contributed by atoms with E-state index in [9.17, 15) is 12.8 Å². The molecule has 228 valence electrons. The lowest BCUT2D eigenvalue weighted by Crippen LogP contribution is -2.37. The first kappa shape index (κ1) is 30.3. The zero-order chi connectivity index (χ0) is 30.4. The predicted molar refractivity (Wildman–Crippen MR) is 156 cm³/mol. The normalized spacial score (nSPS) is 14.0. The number of benzene rings is 3. The number of hydrogen-bond donors (Lipinski definition) is 1. The highest BCUT2D eigenvalue weighted by atomic mass is 32.2. The summed E-state index contributed by atoms with van der Waals surface area (Å²) in [7, 11) is -1.40. The third kappa shape index (κ3) is 7.24. The number of nitrogens with one attached hydrogen (secondary N) is 1. The molecule has 5 rings (SSSR count). The number of pyridine rings is 1. The summed E-state index contributed by atoms with van der Waals surface area (Å²) in [5.74, 6) is -0.578. The van der Waals surface area contributed by atoms with E-state index >= 15 is 4.39 Å². The summed E-state index contributed by atoms with van der Waals surface area (Å²) in [6.07, 6.45) is 2.37. The Morgan fingerprint density at radius 2 is 1.67 bits per heavy atom. The van der Waals surface area contributed by atoms with E-state index in [0.717, 1.165) is 63.5 Å². The van der Waals surface area contributed by atoms with Crippen LogP contribution in [0.1, 0.15) is 6.42 Å². The van der Waals surface area contributed by atoms with E-state index in [1.54, 1.807) is 18.2 Å². The van der Waals surface area contributed by atoms with E-state index in [1.807, 2.05) is 0 Å². The Bertz CT molecular complexity index is 1700. The summed E-state index contributed by atoms with van der Waals surface area (Å²) in [6, 6.07) is 11.8. The number of fused-ring (bicyclic) bond motifs is 1. The summed E-state index contributed by atoms with van der Waals surface area (Å²) in [6.45, 7) is 4.71. The summed E-state index contributed by atoms with van der Waals surface area (Å²) >= 11 is 0. The molecule has 0 bridgehead atoms. The Hall–Kier alpha value is -4.20. The van der Waals surface area contributed by atoms with Crippen molar-refractivity contribution in [3.63, 3.8) is 0 Å². The summed E-state index contributed by atoms with van der Waals surface area (Å²) in [5.41, 5.74) is 0.505. The first-order valence-electron chi connectivity index (χ1n) is 13.5. The lowest BCUT2D eigenvalue weighted by atomic mass is 10.1. The Morgan fingerprint density at radius 3 is 2.42 bits per heavy atom. The van der Waals surface area contributed by atoms with E-state index < -0.39 is 21.7 Å². The van der Waals surface area contributed by atoms with Gasteiger partial charge in [-0.2, -0.15) is 0 Å². The number of morpholine rings is 1. The molecule has 0 radical (unpaired) electrons. The van der Waals surface area contributed by atoms with Crippen molar-refractivity contribution in [1.29, 1.82) is 0 Å². The van der Waals surface area contributed by atoms with Gasteiger partial charge >= 0.3 is 0 Å². The van der Waals surface area contributed by atoms with Gasteiger partial charge in [0, 0.05) is 49.4 Å². The zero-order valence-corrected chi connectivity index (χ0v) is 24.5. The molecule has 3 aromatic carbocycles. The van der Waals surface area contributed by atoms with Crippen molar-refractivity contribution >= 4 is 26.6 Å². The molecule has 13 heteroatoms. The summed E-state index contributed by atoms with van der Waals surface area (Å²) < 4.78 is 84.3. The SMILES string of the molecule is COc1cc(S(=O)(=O)Nc2ccc(Oc3ccnc4cc(OCCCN5CCOCC5)c(OC)cc34)c(F)c2)ccc1F. The van der Waals surface area contributed by atoms with E-state index in [2.05, 4.69) is 14.6 Å². The van der Waals surface area contributed by atoms with Gasteiger partial charge < -0.3 is 23.7 Å². The van der Waals surface area contributed by atoms with E-state index in [4.69, 9.17) is 23.7 Å². The standard InChI is InChI=1S/C30H31F2N3O7S/c1-38-28-17-21(5-6-23(28)31)43(36,37)34-20-4-7-27(24(32)16-20)42-26-8-9-33-25-19-30(29(39-2)18-22(25)26)41-13-3-10-35-11-14-40-15-12-35/h4-9,16-19,34H,3,10-15H2,1-2H3. The van der Waals surface area contributed by atoms with Gasteiger partial charge in [0.05, 0.1) is 50.1 Å². The monoisotopic (exact) mass is 615 g/mol. The van der Waals surface area contributed by atoms with Gasteiger partial charge in [0.15, 0.2) is 34.6 Å². The molecular formula is C30H31F2N3O7S. The van der Waals surface area contributed by atoms with Gasteiger partial charge in [-0.15, -0.1) is 0 Å². The van der Waals surface area contributed by atoms with Crippen LogP contribution in [0.4, 0.5) is 14.5 Å². The Labute approximate surface area is 248 Å². The second-order valence-electron chi connectivity index (χ2n) is 9.63. The highest BCUT2D eigenvalue weighted by Crippen LogP contribution is 2.38. The molecule has 10 nitrogen and oxygen atoms in total. The maximum Gasteiger partial charge on any atom is 0.262 e. The average Bonchev–Trinajstić information content (AvgIpc) is 3.01. The molecule has 0 spiro atoms. The quantitative estimate of drug-likeness (QED) is 0.215. The topological polar surface area (TPSA) is 108 Å². The highest BCUT2D eigenvalue weighted by Gasteiger charge is 2.19. The van der Waals surface area contributed by atoms with Crippen LogP contribution in [0.25, 0.3) is 10.9 Å². The third-order valence-corrected chi connectivity index (χ3v) is 8.18. The first-order valence-corrected chi connectivity index (χ1v) is 15.0. The van der Waals surface area contributed by atoms with E-state index in [1.165, 1.54) is 32.5 Å². The summed E-state index contributed by atoms with van der Waals surface area (Å²) in [4.78, 5) is 6.49. The number of nitrogens with zero attached hydrogens (tertiary/aromatic N) is 2. The fraction of sp³-hybridized carbons (Fsp3) is 0.300. The largest absolute Gasteiger partial charge is 0.494 e. The minimum Gasteiger partial charge on any atom is -0.494 e. The molecule has 4 aromatic rings. The number of halogens is 2. The van der Waals surface area contributed by atoms with Crippen LogP contribution in [-0.4, -0.2) is 72.0 Å². The highest BCUT2D eigenvalue weighted by molar-refractivity contribution is 7.92. The molecule has 1 aromatic heterocycles. The molecular weight excluding hydrogens is 584 g/mol. The fourth-order valence-electron chi connectivity index (χ4n) is 4.57. The van der Waals surface area contributed by atoms with Gasteiger partial charge in [-0.05, 0) is 42.8 Å². The van der Waals surface area contributed by atoms with Crippen LogP contribution in [0.15, 0.2) is 65.7 Å². The van der Waals surface area contributed by atoms with Gasteiger partial charge in [0.2, 0.25) is 0 Å². The van der Waals surface area contributed by atoms with E-state index in [0.29, 0.717) is 34.8 Å². The Morgan fingerprint density at radius 1 is 0.884 bits per heavy atom. The molecule has 43 heavy (non-hydrogen) atoms. The number of rotatable bonds is 12. The number of aromatic nitrogens is 1. The summed E-state index contributed by atoms with van der Waals surface area (Å²) in [5, 5.41) is 0.564. The maximum atomic E-state index is 15.1. The Kier molecular flexibility index (Phi) is 9.43. The van der Waals surface area contributed by atoms with Crippen LogP contribution in [0.5, 0.6) is 28.7 Å². The molecule has 0 saturated carbocycles. The molecule has 0 atom stereocenters. The van der Waals surface area contributed by atoms with Gasteiger partial charge in [0.1, 0.15) is 5.75 Å². The molecule has 1 fully saturated rings. The fourth-order valence-corrected chi connectivity index (χ4v) is 5.64. The molecule has 1 N–H and O–H groups in total. The number of methoxy groups -OCH3 is 2. The number of ether oxygens (including phenoxy) is 5. The maximum absolute atomic E-state index is 15.1. The average molecular weight is 616 g/mol. The van der Waals surface area contributed by atoms with Crippen LogP contribution in [-0.2, 0) is 14.8 Å². The van der Waals surface area contributed by atoms with Gasteiger partial charge in [0.25, 0.3) is 10.0 Å². The molecule has 1 aliphatic heterocycles. The van der Waals surface area contributed by atoms with Crippen molar-refractivity contribution in [3.8, 4) is 28.7 Å². The van der Waals surface area contributed by atoms with Crippen LogP contribution < -0.4 is 23.7 Å². The van der Waals surface area contributed by atoms with E-state index in [-0.39, 0.29) is 22.1 Å². The molecule has 1 aliphatic rings. The second kappa shape index (κ2) is 13.4.